The molecule has 24 heavy (non-hydrogen) atoms. The van der Waals surface area contributed by atoms with E-state index in [1.807, 2.05) is 0 Å². The van der Waals surface area contributed by atoms with Crippen molar-refractivity contribution in [1.29, 1.82) is 0 Å². The van der Waals surface area contributed by atoms with Gasteiger partial charge in [-0.2, -0.15) is 5.10 Å². The first-order valence-electron chi connectivity index (χ1n) is 8.15. The first kappa shape index (κ1) is 16.4. The van der Waals surface area contributed by atoms with Gasteiger partial charge in [0.25, 0.3) is 11.5 Å². The third-order valence-electron chi connectivity index (χ3n) is 4.29. The van der Waals surface area contributed by atoms with Crippen LogP contribution in [0, 0.1) is 12.8 Å². The van der Waals surface area contributed by atoms with Gasteiger partial charge >= 0.3 is 0 Å². The lowest BCUT2D eigenvalue weighted by Gasteiger charge is -2.32. The van der Waals surface area contributed by atoms with Crippen LogP contribution in [-0.4, -0.2) is 29.3 Å². The summed E-state index contributed by atoms with van der Waals surface area (Å²) in [5.41, 5.74) is 2.23. The third-order valence-corrected chi connectivity index (χ3v) is 4.29. The summed E-state index contributed by atoms with van der Waals surface area (Å²) in [7, 11) is 0. The molecule has 1 aliphatic rings. The van der Waals surface area contributed by atoms with E-state index < -0.39 is 0 Å². The standard InChI is InChI=1S/C18H21N3O3/c1-12-4-6-13(7-5-12)17-14(3-2-10-24-17)11-19-18(23)15-8-9-16(22)21-20-15/h4-9,14,17H,2-3,10-11H2,1H3,(H,19,23)(H,21,22)/t14-,17+/m1/s1. The zero-order valence-corrected chi connectivity index (χ0v) is 13.6. The van der Waals surface area contributed by atoms with Gasteiger partial charge in [0.2, 0.25) is 0 Å². The Kier molecular flexibility index (Phi) is 5.05. The number of nitrogens with zero attached hydrogens (tertiary/aromatic N) is 1. The smallest absolute Gasteiger partial charge is 0.271 e. The average Bonchev–Trinajstić information content (AvgIpc) is 2.61. The van der Waals surface area contributed by atoms with E-state index in [1.54, 1.807) is 0 Å². The predicted molar refractivity (Wildman–Crippen MR) is 89.8 cm³/mol. The van der Waals surface area contributed by atoms with Gasteiger partial charge in [-0.25, -0.2) is 5.10 Å². The fourth-order valence-corrected chi connectivity index (χ4v) is 2.96. The molecule has 2 N–H and O–H groups in total. The lowest BCUT2D eigenvalue weighted by molar-refractivity contribution is -0.0272. The first-order valence-corrected chi connectivity index (χ1v) is 8.15. The zero-order valence-electron chi connectivity index (χ0n) is 13.6. The molecule has 3 rings (SSSR count). The number of benzene rings is 1. The monoisotopic (exact) mass is 327 g/mol. The van der Waals surface area contributed by atoms with E-state index in [0.717, 1.165) is 25.0 Å². The number of carbonyl (C=O) groups is 1. The largest absolute Gasteiger partial charge is 0.373 e. The van der Waals surface area contributed by atoms with Gasteiger partial charge in [-0.05, 0) is 31.4 Å². The lowest BCUT2D eigenvalue weighted by Crippen LogP contribution is -2.35. The van der Waals surface area contributed by atoms with Gasteiger partial charge in [-0.15, -0.1) is 0 Å². The van der Waals surface area contributed by atoms with E-state index >= 15 is 0 Å². The highest BCUT2D eigenvalue weighted by Crippen LogP contribution is 2.33. The fraction of sp³-hybridized carbons (Fsp3) is 0.389. The maximum absolute atomic E-state index is 12.1. The van der Waals surface area contributed by atoms with Crippen LogP contribution in [0.25, 0.3) is 0 Å². The summed E-state index contributed by atoms with van der Waals surface area (Å²) in [6, 6.07) is 11.0. The zero-order chi connectivity index (χ0) is 16.9. The fourth-order valence-electron chi connectivity index (χ4n) is 2.96. The van der Waals surface area contributed by atoms with Crippen LogP contribution in [0.4, 0.5) is 0 Å². The maximum atomic E-state index is 12.1. The van der Waals surface area contributed by atoms with Crippen molar-refractivity contribution in [1.82, 2.24) is 15.5 Å². The highest BCUT2D eigenvalue weighted by molar-refractivity contribution is 5.91. The van der Waals surface area contributed by atoms with Gasteiger partial charge in [-0.1, -0.05) is 29.8 Å². The summed E-state index contributed by atoms with van der Waals surface area (Å²) >= 11 is 0. The number of nitrogens with one attached hydrogen (secondary N) is 2. The molecule has 1 saturated heterocycles. The number of aromatic amines is 1. The lowest BCUT2D eigenvalue weighted by atomic mass is 9.89. The topological polar surface area (TPSA) is 84.1 Å². The van der Waals surface area contributed by atoms with Crippen molar-refractivity contribution < 1.29 is 9.53 Å². The second-order valence-corrected chi connectivity index (χ2v) is 6.12. The van der Waals surface area contributed by atoms with Crippen LogP contribution in [0.3, 0.4) is 0 Å². The highest BCUT2D eigenvalue weighted by Gasteiger charge is 2.28. The Hall–Kier alpha value is -2.47. The van der Waals surface area contributed by atoms with Gasteiger partial charge in [0, 0.05) is 25.1 Å². The highest BCUT2D eigenvalue weighted by atomic mass is 16.5. The molecule has 1 aromatic heterocycles. The summed E-state index contributed by atoms with van der Waals surface area (Å²) in [6.07, 6.45) is 1.97. The number of ether oxygens (including phenoxy) is 1. The van der Waals surface area contributed by atoms with Crippen LogP contribution in [-0.2, 0) is 4.74 Å². The summed E-state index contributed by atoms with van der Waals surface area (Å²) in [4.78, 5) is 23.2. The van der Waals surface area contributed by atoms with Crippen LogP contribution in [0.2, 0.25) is 0 Å². The molecule has 1 aromatic carbocycles. The molecular formula is C18H21N3O3. The van der Waals surface area contributed by atoms with E-state index in [1.165, 1.54) is 17.7 Å². The number of aryl methyl sites for hydroxylation is 1. The maximum Gasteiger partial charge on any atom is 0.271 e. The summed E-state index contributed by atoms with van der Waals surface area (Å²) < 4.78 is 5.96. The molecule has 0 bridgehead atoms. The molecule has 1 aliphatic heterocycles. The Balaban J connectivity index is 1.65. The number of hydrogen-bond donors (Lipinski definition) is 2. The quantitative estimate of drug-likeness (QED) is 0.899. The summed E-state index contributed by atoms with van der Waals surface area (Å²) in [5.74, 6) is -0.0763. The van der Waals surface area contributed by atoms with E-state index in [4.69, 9.17) is 4.74 Å². The predicted octanol–water partition coefficient (Wildman–Crippen LogP) is 1.98. The van der Waals surface area contributed by atoms with Crippen LogP contribution >= 0.6 is 0 Å². The normalized spacial score (nSPS) is 20.5. The molecule has 0 unspecified atom stereocenters. The van der Waals surface area contributed by atoms with Crippen LogP contribution < -0.4 is 10.9 Å². The van der Waals surface area contributed by atoms with Gasteiger partial charge in [-0.3, -0.25) is 9.59 Å². The van der Waals surface area contributed by atoms with E-state index in [2.05, 4.69) is 46.7 Å². The number of amides is 1. The SMILES string of the molecule is Cc1ccc([C@@H]2OCCC[C@@H]2CNC(=O)c2ccc(=O)[nH]n2)cc1. The molecule has 2 aromatic rings. The molecule has 6 heteroatoms. The van der Waals surface area contributed by atoms with Crippen molar-refractivity contribution >= 4 is 5.91 Å². The van der Waals surface area contributed by atoms with Crippen molar-refractivity contribution in [3.05, 3.63) is 63.6 Å². The molecular weight excluding hydrogens is 306 g/mol. The molecule has 0 aliphatic carbocycles. The average molecular weight is 327 g/mol. The second-order valence-electron chi connectivity index (χ2n) is 6.12. The van der Waals surface area contributed by atoms with Gasteiger partial charge < -0.3 is 10.1 Å². The molecule has 0 spiro atoms. The van der Waals surface area contributed by atoms with Crippen LogP contribution in [0.1, 0.15) is 40.6 Å². The van der Waals surface area contributed by atoms with Crippen molar-refractivity contribution in [2.24, 2.45) is 5.92 Å². The van der Waals surface area contributed by atoms with Crippen molar-refractivity contribution in [2.75, 3.05) is 13.2 Å². The van der Waals surface area contributed by atoms with Gasteiger partial charge in [0.1, 0.15) is 5.69 Å². The Bertz CT molecular complexity index is 734. The minimum absolute atomic E-state index is 0.0109. The van der Waals surface area contributed by atoms with E-state index in [9.17, 15) is 9.59 Å². The number of hydrogen-bond acceptors (Lipinski definition) is 4. The number of H-pyrrole nitrogens is 1. The van der Waals surface area contributed by atoms with Gasteiger partial charge in [0.15, 0.2) is 0 Å². The molecule has 6 nitrogen and oxygen atoms in total. The molecule has 1 amide bonds. The second kappa shape index (κ2) is 7.40. The molecule has 0 radical (unpaired) electrons. The molecule has 2 heterocycles. The number of aromatic nitrogens is 2. The minimum atomic E-state index is -0.327. The number of carbonyl (C=O) groups excluding carboxylic acids is 1. The van der Waals surface area contributed by atoms with Crippen LogP contribution in [0.15, 0.2) is 41.2 Å². The van der Waals surface area contributed by atoms with E-state index in [-0.39, 0.29) is 29.2 Å². The van der Waals surface area contributed by atoms with E-state index in [0.29, 0.717) is 6.54 Å². The minimum Gasteiger partial charge on any atom is -0.373 e. The Morgan fingerprint density at radius 1 is 1.29 bits per heavy atom. The van der Waals surface area contributed by atoms with Crippen LogP contribution in [0.5, 0.6) is 0 Å². The molecule has 2 atom stereocenters. The first-order chi connectivity index (χ1) is 11.6. The molecule has 1 fully saturated rings. The Morgan fingerprint density at radius 2 is 2.08 bits per heavy atom. The van der Waals surface area contributed by atoms with Crippen molar-refractivity contribution in [3.63, 3.8) is 0 Å². The molecule has 0 saturated carbocycles. The molecule has 126 valence electrons. The summed E-state index contributed by atoms with van der Waals surface area (Å²) in [6.45, 7) is 3.31. The summed E-state index contributed by atoms with van der Waals surface area (Å²) in [5, 5.41) is 8.91. The van der Waals surface area contributed by atoms with Gasteiger partial charge in [0.05, 0.1) is 6.10 Å². The third kappa shape index (κ3) is 3.89. The Labute approximate surface area is 140 Å². The number of rotatable bonds is 4. The Morgan fingerprint density at radius 3 is 2.79 bits per heavy atom. The van der Waals surface area contributed by atoms with Crippen molar-refractivity contribution in [2.45, 2.75) is 25.9 Å². The van der Waals surface area contributed by atoms with Crippen molar-refractivity contribution in [3.8, 4) is 0 Å².